The maximum Gasteiger partial charge on any atom is 0.269 e. The minimum atomic E-state index is -3.95. The molecule has 0 spiro atoms. The molecule has 1 aliphatic rings. The van der Waals surface area contributed by atoms with Gasteiger partial charge in [-0.1, -0.05) is 6.07 Å². The van der Waals surface area contributed by atoms with E-state index in [2.05, 4.69) is 9.71 Å². The van der Waals surface area contributed by atoms with E-state index in [-0.39, 0.29) is 16.5 Å². The first-order valence-corrected chi connectivity index (χ1v) is 10.5. The third-order valence-corrected chi connectivity index (χ3v) is 6.16. The fourth-order valence-corrected chi connectivity index (χ4v) is 4.31. The second-order valence-corrected chi connectivity index (χ2v) is 8.33. The van der Waals surface area contributed by atoms with E-state index in [4.69, 9.17) is 0 Å². The van der Waals surface area contributed by atoms with Crippen molar-refractivity contribution in [3.63, 3.8) is 0 Å². The first-order valence-electron chi connectivity index (χ1n) is 8.97. The van der Waals surface area contributed by atoms with Crippen LogP contribution < -0.4 is 9.62 Å². The summed E-state index contributed by atoms with van der Waals surface area (Å²) < 4.78 is 27.8. The van der Waals surface area contributed by atoms with E-state index in [1.54, 1.807) is 47.6 Å². The molecule has 152 valence electrons. The van der Waals surface area contributed by atoms with Crippen LogP contribution in [0, 0.1) is 10.1 Å². The van der Waals surface area contributed by atoms with Crippen molar-refractivity contribution in [2.45, 2.75) is 11.3 Å². The average Bonchev–Trinajstić information content (AvgIpc) is 3.17. The van der Waals surface area contributed by atoms with Gasteiger partial charge in [0.25, 0.3) is 21.6 Å². The number of sulfonamides is 1. The summed E-state index contributed by atoms with van der Waals surface area (Å²) in [4.78, 5) is 28.4. The Labute approximate surface area is 172 Å². The number of carbonyl (C=O) groups excluding carboxylic acids is 1. The number of fused-ring (bicyclic) bond motifs is 1. The lowest BCUT2D eigenvalue weighted by atomic mass is 10.1. The Morgan fingerprint density at radius 3 is 2.43 bits per heavy atom. The number of nitrogens with one attached hydrogen (secondary N) is 1. The molecule has 0 fully saturated rings. The fourth-order valence-electron chi connectivity index (χ4n) is 3.27. The molecule has 0 atom stereocenters. The zero-order chi connectivity index (χ0) is 21.3. The van der Waals surface area contributed by atoms with Gasteiger partial charge in [-0.2, -0.15) is 0 Å². The van der Waals surface area contributed by atoms with E-state index < -0.39 is 14.9 Å². The van der Waals surface area contributed by atoms with E-state index in [1.165, 1.54) is 12.1 Å². The van der Waals surface area contributed by atoms with Crippen LogP contribution in [0.1, 0.15) is 15.9 Å². The van der Waals surface area contributed by atoms with Crippen molar-refractivity contribution in [1.82, 2.24) is 4.98 Å². The number of benzene rings is 2. The molecule has 9 nitrogen and oxygen atoms in total. The first kappa shape index (κ1) is 19.5. The van der Waals surface area contributed by atoms with Crippen molar-refractivity contribution < 1.29 is 18.1 Å². The van der Waals surface area contributed by atoms with Crippen molar-refractivity contribution in [3.8, 4) is 0 Å². The Kier molecular flexibility index (Phi) is 4.92. The summed E-state index contributed by atoms with van der Waals surface area (Å²) in [5.41, 5.74) is 2.17. The minimum absolute atomic E-state index is 0.0988. The number of rotatable bonds is 5. The molecule has 2 heterocycles. The van der Waals surface area contributed by atoms with Gasteiger partial charge in [-0.25, -0.2) is 8.42 Å². The van der Waals surface area contributed by atoms with Gasteiger partial charge in [-0.15, -0.1) is 0 Å². The topological polar surface area (TPSA) is 123 Å². The van der Waals surface area contributed by atoms with Crippen molar-refractivity contribution in [2.75, 3.05) is 16.2 Å². The van der Waals surface area contributed by atoms with Crippen LogP contribution in [0.3, 0.4) is 0 Å². The van der Waals surface area contributed by atoms with Crippen LogP contribution in [0.4, 0.5) is 17.1 Å². The molecule has 0 unspecified atom stereocenters. The molecule has 2 aromatic carbocycles. The number of hydrogen-bond acceptors (Lipinski definition) is 6. The molecule has 0 aliphatic carbocycles. The Morgan fingerprint density at radius 2 is 1.77 bits per heavy atom. The summed E-state index contributed by atoms with van der Waals surface area (Å²) >= 11 is 0. The molecule has 1 aromatic heterocycles. The van der Waals surface area contributed by atoms with Crippen LogP contribution in [-0.4, -0.2) is 30.8 Å². The summed E-state index contributed by atoms with van der Waals surface area (Å²) in [6, 6.07) is 12.9. The zero-order valence-corrected chi connectivity index (χ0v) is 16.4. The van der Waals surface area contributed by atoms with Crippen molar-refractivity contribution in [2.24, 2.45) is 0 Å². The quantitative estimate of drug-likeness (QED) is 0.496. The van der Waals surface area contributed by atoms with Crippen LogP contribution in [0.5, 0.6) is 0 Å². The number of non-ortho nitro benzene ring substituents is 1. The summed E-state index contributed by atoms with van der Waals surface area (Å²) in [6.07, 6.45) is 3.75. The third kappa shape index (κ3) is 3.72. The summed E-state index contributed by atoms with van der Waals surface area (Å²) in [7, 11) is -3.95. The fraction of sp³-hybridized carbons (Fsp3) is 0.100. The highest BCUT2D eigenvalue weighted by atomic mass is 32.2. The summed E-state index contributed by atoms with van der Waals surface area (Å²) in [5.74, 6) is -0.188. The molecule has 0 saturated heterocycles. The summed E-state index contributed by atoms with van der Waals surface area (Å²) in [6.45, 7) is 0.495. The van der Waals surface area contributed by atoms with Gasteiger partial charge < -0.3 is 4.90 Å². The molecular formula is C20H16N4O5S. The highest BCUT2D eigenvalue weighted by Crippen LogP contribution is 2.32. The zero-order valence-electron chi connectivity index (χ0n) is 15.6. The maximum absolute atomic E-state index is 12.8. The molecule has 1 N–H and O–H groups in total. The predicted molar refractivity (Wildman–Crippen MR) is 110 cm³/mol. The number of nitro benzene ring substituents is 1. The van der Waals surface area contributed by atoms with Crippen molar-refractivity contribution >= 4 is 33.0 Å². The van der Waals surface area contributed by atoms with E-state index in [0.717, 1.165) is 17.7 Å². The third-order valence-electron chi connectivity index (χ3n) is 4.76. The van der Waals surface area contributed by atoms with Crippen LogP contribution in [0.2, 0.25) is 0 Å². The van der Waals surface area contributed by atoms with E-state index in [9.17, 15) is 23.3 Å². The number of nitrogens with zero attached hydrogens (tertiary/aromatic N) is 3. The van der Waals surface area contributed by atoms with Gasteiger partial charge in [-0.05, 0) is 48.4 Å². The summed E-state index contributed by atoms with van der Waals surface area (Å²) in [5, 5.41) is 10.8. The van der Waals surface area contributed by atoms with E-state index in [0.29, 0.717) is 29.9 Å². The van der Waals surface area contributed by atoms with Gasteiger partial charge in [-0.3, -0.25) is 24.6 Å². The van der Waals surface area contributed by atoms with E-state index in [1.807, 2.05) is 0 Å². The van der Waals surface area contributed by atoms with Crippen LogP contribution in [0.25, 0.3) is 0 Å². The molecular weight excluding hydrogens is 408 g/mol. The number of pyridine rings is 1. The van der Waals surface area contributed by atoms with Crippen molar-refractivity contribution in [3.05, 3.63) is 88.2 Å². The number of nitro groups is 1. The number of aromatic nitrogens is 1. The lowest BCUT2D eigenvalue weighted by molar-refractivity contribution is -0.384. The molecule has 0 bridgehead atoms. The largest absolute Gasteiger partial charge is 0.308 e. The predicted octanol–water partition coefficient (Wildman–Crippen LogP) is 2.99. The lowest BCUT2D eigenvalue weighted by Gasteiger charge is -2.18. The second kappa shape index (κ2) is 7.56. The van der Waals surface area contributed by atoms with E-state index >= 15 is 0 Å². The highest BCUT2D eigenvalue weighted by molar-refractivity contribution is 7.92. The normalized spacial score (nSPS) is 13.0. The molecule has 10 heteroatoms. The van der Waals surface area contributed by atoms with Crippen LogP contribution >= 0.6 is 0 Å². The van der Waals surface area contributed by atoms with Crippen molar-refractivity contribution in [1.29, 1.82) is 0 Å². The standard InChI is InChI=1S/C20H16N4O5S/c25-20(15-7-10-21-11-8-15)23-12-9-14-1-2-16(13-19(14)23)22-30(28,29)18-5-3-17(4-6-18)24(26)27/h1-8,10-11,13,22H,9,12H2. The monoisotopic (exact) mass is 424 g/mol. The number of amides is 1. The molecule has 0 saturated carbocycles. The molecule has 1 aliphatic heterocycles. The Hall–Kier alpha value is -3.79. The van der Waals surface area contributed by atoms with Gasteiger partial charge in [0.2, 0.25) is 0 Å². The van der Waals surface area contributed by atoms with Gasteiger partial charge in [0.1, 0.15) is 0 Å². The van der Waals surface area contributed by atoms with Gasteiger partial charge in [0.15, 0.2) is 0 Å². The smallest absolute Gasteiger partial charge is 0.269 e. The Bertz CT molecular complexity index is 1230. The molecule has 0 radical (unpaired) electrons. The van der Waals surface area contributed by atoms with Gasteiger partial charge in [0, 0.05) is 42.3 Å². The molecule has 30 heavy (non-hydrogen) atoms. The van der Waals surface area contributed by atoms with Gasteiger partial charge in [0.05, 0.1) is 15.5 Å². The average molecular weight is 424 g/mol. The molecule has 4 rings (SSSR count). The maximum atomic E-state index is 12.8. The van der Waals surface area contributed by atoms with Crippen LogP contribution in [0.15, 0.2) is 71.9 Å². The number of anilines is 2. The molecule has 3 aromatic rings. The van der Waals surface area contributed by atoms with Gasteiger partial charge >= 0.3 is 0 Å². The number of carbonyl (C=O) groups is 1. The lowest BCUT2D eigenvalue weighted by Crippen LogP contribution is -2.28. The minimum Gasteiger partial charge on any atom is -0.308 e. The SMILES string of the molecule is O=C(c1ccncc1)N1CCc2ccc(NS(=O)(=O)c3ccc([N+](=O)[O-])cc3)cc21. The highest BCUT2D eigenvalue weighted by Gasteiger charge is 2.26. The number of hydrogen-bond donors (Lipinski definition) is 1. The van der Waals surface area contributed by atoms with Crippen LogP contribution in [-0.2, 0) is 16.4 Å². The first-order chi connectivity index (χ1) is 14.3. The molecule has 1 amide bonds. The Morgan fingerprint density at radius 1 is 1.07 bits per heavy atom. The second-order valence-electron chi connectivity index (χ2n) is 6.64. The Balaban J connectivity index is 1.60.